The van der Waals surface area contributed by atoms with Crippen LogP contribution in [0.3, 0.4) is 0 Å². The summed E-state index contributed by atoms with van der Waals surface area (Å²) in [5.74, 6) is -3.78. The van der Waals surface area contributed by atoms with Crippen LogP contribution in [0.25, 0.3) is 0 Å². The third kappa shape index (κ3) is 8.92. The molecule has 0 fully saturated rings. The molecular weight excluding hydrogens is 481 g/mol. The van der Waals surface area contributed by atoms with Crippen molar-refractivity contribution >= 4 is 40.6 Å². The molecule has 3 N–H and O–H groups in total. The number of fused-ring (bicyclic) bond motifs is 2. The summed E-state index contributed by atoms with van der Waals surface area (Å²) in [6, 6.07) is -1.11. The summed E-state index contributed by atoms with van der Waals surface area (Å²) in [6.45, 7) is 3.99. The minimum atomic E-state index is -1.11. The number of esters is 1. The Balaban J connectivity index is 2.29. The largest absolute Gasteiger partial charge is 0.456 e. The van der Waals surface area contributed by atoms with E-state index in [0.29, 0.717) is 12.2 Å². The Kier molecular flexibility index (Phi) is 10.5. The fourth-order valence-corrected chi connectivity index (χ4v) is 3.30. The molecule has 0 spiro atoms. The third-order valence-electron chi connectivity index (χ3n) is 4.55. The van der Waals surface area contributed by atoms with Crippen molar-refractivity contribution < 1.29 is 33.1 Å². The molecule has 2 bridgehead atoms. The maximum atomic E-state index is 14.1. The van der Waals surface area contributed by atoms with Crippen LogP contribution in [0.5, 0.6) is 0 Å². The van der Waals surface area contributed by atoms with Crippen molar-refractivity contribution in [3.05, 3.63) is 47.5 Å². The number of hydrogen-bond acceptors (Lipinski definition) is 9. The van der Waals surface area contributed by atoms with Gasteiger partial charge in [-0.05, 0) is 26.3 Å². The SMILES string of the molecule is C/C=C1\NC(=O)c2ncc(F)c(n2)CNC(=O)C[C@@H](/C=C/CCSC(C)=O)OC(=O)[C@@H](C)NC1=O. The maximum Gasteiger partial charge on any atom is 0.328 e. The number of carbonyl (C=O) groups excluding carboxylic acids is 5. The minimum absolute atomic E-state index is 0.0321. The van der Waals surface area contributed by atoms with Crippen LogP contribution in [0.2, 0.25) is 0 Å². The molecule has 0 aromatic carbocycles. The highest BCUT2D eigenvalue weighted by atomic mass is 32.2. The van der Waals surface area contributed by atoms with Crippen molar-refractivity contribution in [2.75, 3.05) is 5.75 Å². The topological polar surface area (TPSA) is 156 Å². The Labute approximate surface area is 205 Å². The summed E-state index contributed by atoms with van der Waals surface area (Å²) in [7, 11) is 0. The smallest absolute Gasteiger partial charge is 0.328 e. The molecule has 1 aromatic rings. The van der Waals surface area contributed by atoms with Gasteiger partial charge in [-0.25, -0.2) is 19.2 Å². The van der Waals surface area contributed by atoms with Gasteiger partial charge in [0.05, 0.1) is 24.9 Å². The molecule has 1 aliphatic heterocycles. The van der Waals surface area contributed by atoms with E-state index in [1.807, 2.05) is 0 Å². The number of allylic oxidation sites excluding steroid dienone is 2. The van der Waals surface area contributed by atoms with Gasteiger partial charge in [-0.15, -0.1) is 0 Å². The van der Waals surface area contributed by atoms with Gasteiger partial charge < -0.3 is 20.7 Å². The number of carbonyl (C=O) groups is 5. The first-order valence-electron chi connectivity index (χ1n) is 10.7. The molecule has 13 heteroatoms. The molecule has 188 valence electrons. The van der Waals surface area contributed by atoms with Gasteiger partial charge in [-0.1, -0.05) is 23.9 Å². The van der Waals surface area contributed by atoms with Gasteiger partial charge in [0.1, 0.15) is 17.8 Å². The van der Waals surface area contributed by atoms with Crippen LogP contribution in [0, 0.1) is 5.82 Å². The Bertz CT molecular complexity index is 1060. The second kappa shape index (κ2) is 13.3. The third-order valence-corrected chi connectivity index (χ3v) is 5.40. The summed E-state index contributed by atoms with van der Waals surface area (Å²) in [4.78, 5) is 68.5. The van der Waals surface area contributed by atoms with Gasteiger partial charge in [0.2, 0.25) is 11.7 Å². The number of thioether (sulfide) groups is 1. The Morgan fingerprint density at radius 3 is 2.71 bits per heavy atom. The minimum Gasteiger partial charge on any atom is -0.456 e. The summed E-state index contributed by atoms with van der Waals surface area (Å²) in [5, 5.41) is 7.16. The summed E-state index contributed by atoms with van der Waals surface area (Å²) >= 11 is 1.13. The number of ether oxygens (including phenoxy) is 1. The van der Waals surface area contributed by atoms with E-state index in [2.05, 4.69) is 25.9 Å². The molecule has 3 amide bonds. The Hall–Kier alpha value is -3.61. The van der Waals surface area contributed by atoms with Crippen molar-refractivity contribution in [2.45, 2.75) is 52.3 Å². The number of halogens is 1. The number of nitrogens with zero attached hydrogens (tertiary/aromatic N) is 2. The number of cyclic esters (lactones) is 1. The van der Waals surface area contributed by atoms with E-state index in [-0.39, 0.29) is 29.5 Å². The van der Waals surface area contributed by atoms with Crippen LogP contribution in [0.15, 0.2) is 30.1 Å². The zero-order chi connectivity index (χ0) is 26.0. The van der Waals surface area contributed by atoms with Crippen LogP contribution in [-0.2, 0) is 30.5 Å². The lowest BCUT2D eigenvalue weighted by atomic mass is 10.2. The fraction of sp³-hybridized carbons (Fsp3) is 0.409. The molecule has 0 aliphatic carbocycles. The fourth-order valence-electron chi connectivity index (χ4n) is 2.76. The lowest BCUT2D eigenvalue weighted by Crippen LogP contribution is -2.44. The molecule has 0 radical (unpaired) electrons. The summed E-state index contributed by atoms with van der Waals surface area (Å²) < 4.78 is 19.5. The molecule has 1 aliphatic rings. The van der Waals surface area contributed by atoms with Gasteiger partial charge in [-0.3, -0.25) is 19.2 Å². The number of amides is 3. The van der Waals surface area contributed by atoms with E-state index >= 15 is 0 Å². The molecule has 2 rings (SSSR count). The molecule has 0 saturated heterocycles. The Morgan fingerprint density at radius 1 is 1.29 bits per heavy atom. The molecule has 11 nitrogen and oxygen atoms in total. The summed E-state index contributed by atoms with van der Waals surface area (Å²) in [5.41, 5.74) is -0.417. The maximum absolute atomic E-state index is 14.1. The zero-order valence-corrected chi connectivity index (χ0v) is 20.2. The standard InChI is InChI=1S/C22H26FN5O6S/c1-4-16-20(31)26-12(2)22(33)34-14(7-5-6-8-35-13(3)29)9-18(30)24-11-17-15(23)10-25-19(27-17)21(32)28-16/h4-5,7,10,12,14H,6,8-9,11H2,1-3H3,(H,24,30)(H,26,31)(H,28,32)/b7-5+,16-4-/t12-,14-/m1/s1. The van der Waals surface area contributed by atoms with E-state index in [1.165, 1.54) is 32.9 Å². The van der Waals surface area contributed by atoms with Gasteiger partial charge >= 0.3 is 5.97 Å². The highest BCUT2D eigenvalue weighted by Crippen LogP contribution is 2.10. The van der Waals surface area contributed by atoms with Crippen LogP contribution in [-0.4, -0.2) is 56.7 Å². The average molecular weight is 508 g/mol. The van der Waals surface area contributed by atoms with E-state index < -0.39 is 47.5 Å². The number of hydrogen-bond donors (Lipinski definition) is 3. The second-order valence-corrected chi connectivity index (χ2v) is 8.62. The van der Waals surface area contributed by atoms with Crippen LogP contribution < -0.4 is 16.0 Å². The van der Waals surface area contributed by atoms with Crippen molar-refractivity contribution in [2.24, 2.45) is 0 Å². The number of nitrogens with one attached hydrogen (secondary N) is 3. The first kappa shape index (κ1) is 27.6. The monoisotopic (exact) mass is 507 g/mol. The first-order chi connectivity index (χ1) is 16.6. The first-order valence-corrected chi connectivity index (χ1v) is 11.7. The predicted octanol–water partition coefficient (Wildman–Crippen LogP) is 0.912. The highest BCUT2D eigenvalue weighted by Gasteiger charge is 2.25. The summed E-state index contributed by atoms with van der Waals surface area (Å²) in [6.07, 6.45) is 4.50. The van der Waals surface area contributed by atoms with Crippen LogP contribution in [0.1, 0.15) is 49.9 Å². The molecule has 35 heavy (non-hydrogen) atoms. The van der Waals surface area contributed by atoms with E-state index in [4.69, 9.17) is 4.74 Å². The zero-order valence-electron chi connectivity index (χ0n) is 19.4. The normalized spacial score (nSPS) is 21.3. The van der Waals surface area contributed by atoms with Gasteiger partial charge in [-0.2, -0.15) is 0 Å². The van der Waals surface area contributed by atoms with Crippen LogP contribution in [0.4, 0.5) is 4.39 Å². The van der Waals surface area contributed by atoms with Crippen molar-refractivity contribution in [1.29, 1.82) is 0 Å². The predicted molar refractivity (Wildman–Crippen MR) is 124 cm³/mol. The molecule has 1 aromatic heterocycles. The van der Waals surface area contributed by atoms with Gasteiger partial charge in [0.15, 0.2) is 10.9 Å². The Morgan fingerprint density at radius 2 is 2.03 bits per heavy atom. The molecule has 0 saturated carbocycles. The highest BCUT2D eigenvalue weighted by molar-refractivity contribution is 8.13. The molecule has 0 unspecified atom stereocenters. The van der Waals surface area contributed by atoms with Gasteiger partial charge in [0.25, 0.3) is 11.8 Å². The molecule has 2 heterocycles. The van der Waals surface area contributed by atoms with E-state index in [9.17, 15) is 28.4 Å². The molecule has 2 atom stereocenters. The van der Waals surface area contributed by atoms with Crippen LogP contribution >= 0.6 is 11.8 Å². The van der Waals surface area contributed by atoms with E-state index in [0.717, 1.165) is 18.0 Å². The van der Waals surface area contributed by atoms with Crippen molar-refractivity contribution in [3.8, 4) is 0 Å². The number of aromatic nitrogens is 2. The second-order valence-electron chi connectivity index (χ2n) is 7.35. The quantitative estimate of drug-likeness (QED) is 0.233. The van der Waals surface area contributed by atoms with Gasteiger partial charge in [0, 0.05) is 12.7 Å². The average Bonchev–Trinajstić information content (AvgIpc) is 2.80. The van der Waals surface area contributed by atoms with Crippen molar-refractivity contribution in [1.82, 2.24) is 25.9 Å². The molecular formula is C22H26FN5O6S. The lowest BCUT2D eigenvalue weighted by Gasteiger charge is -2.19. The van der Waals surface area contributed by atoms with Crippen molar-refractivity contribution in [3.63, 3.8) is 0 Å². The lowest BCUT2D eigenvalue weighted by molar-refractivity contribution is -0.151. The number of rotatable bonds is 4. The van der Waals surface area contributed by atoms with E-state index in [1.54, 1.807) is 6.08 Å².